The fourth-order valence-electron chi connectivity index (χ4n) is 2.21. The molecule has 1 aromatic heterocycles. The molecule has 0 spiro atoms. The first-order chi connectivity index (χ1) is 9.79. The van der Waals surface area contributed by atoms with Crippen LogP contribution in [0.2, 0.25) is 0 Å². The van der Waals surface area contributed by atoms with Crippen LogP contribution in [-0.2, 0) is 16.6 Å². The Morgan fingerprint density at radius 3 is 2.38 bits per heavy atom. The summed E-state index contributed by atoms with van der Waals surface area (Å²) >= 11 is 0. The second kappa shape index (κ2) is 7.96. The van der Waals surface area contributed by atoms with Gasteiger partial charge in [0.15, 0.2) is 0 Å². The van der Waals surface area contributed by atoms with Crippen LogP contribution in [-0.4, -0.2) is 21.5 Å². The minimum atomic E-state index is -3.52. The van der Waals surface area contributed by atoms with E-state index in [-0.39, 0.29) is 0 Å². The summed E-state index contributed by atoms with van der Waals surface area (Å²) in [6.45, 7) is 11.5. The summed E-state index contributed by atoms with van der Waals surface area (Å²) in [5, 5.41) is 3.24. The second-order valence-corrected chi connectivity index (χ2v) is 7.48. The molecule has 0 aromatic carbocycles. The summed E-state index contributed by atoms with van der Waals surface area (Å²) in [7, 11) is -3.52. The van der Waals surface area contributed by atoms with E-state index in [0.717, 1.165) is 24.9 Å². The summed E-state index contributed by atoms with van der Waals surface area (Å²) in [6, 6.07) is 0. The van der Waals surface area contributed by atoms with Gasteiger partial charge in [-0.05, 0) is 39.2 Å². The number of rotatable bonds is 9. The molecule has 0 bridgehead atoms. The minimum Gasteiger partial charge on any atom is -0.465 e. The van der Waals surface area contributed by atoms with E-state index in [1.807, 2.05) is 6.92 Å². The van der Waals surface area contributed by atoms with Gasteiger partial charge < -0.3 is 9.73 Å². The van der Waals surface area contributed by atoms with Crippen molar-refractivity contribution < 1.29 is 12.8 Å². The lowest BCUT2D eigenvalue weighted by Crippen LogP contribution is -2.27. The highest BCUT2D eigenvalue weighted by atomic mass is 32.2. The molecule has 0 aliphatic heterocycles. The van der Waals surface area contributed by atoms with E-state index < -0.39 is 10.0 Å². The normalized spacial score (nSPS) is 12.3. The summed E-state index contributed by atoms with van der Waals surface area (Å²) < 4.78 is 33.2. The molecule has 1 rings (SSSR count). The fourth-order valence-corrected chi connectivity index (χ4v) is 3.70. The van der Waals surface area contributed by atoms with Crippen molar-refractivity contribution in [2.75, 3.05) is 13.1 Å². The average molecular weight is 316 g/mol. The molecule has 0 unspecified atom stereocenters. The lowest BCUT2D eigenvalue weighted by molar-refractivity contribution is 0.492. The zero-order chi connectivity index (χ0) is 16.0. The molecule has 0 saturated carbocycles. The number of nitrogens with one attached hydrogen (secondary N) is 2. The maximum atomic E-state index is 12.5. The molecule has 0 fully saturated rings. The van der Waals surface area contributed by atoms with Gasteiger partial charge in [-0.2, -0.15) is 0 Å². The van der Waals surface area contributed by atoms with Gasteiger partial charge in [0.05, 0.1) is 0 Å². The average Bonchev–Trinajstić information content (AvgIpc) is 2.64. The Bertz CT molecular complexity index is 548. The number of aryl methyl sites for hydroxylation is 2. The van der Waals surface area contributed by atoms with Crippen molar-refractivity contribution >= 4 is 10.0 Å². The summed E-state index contributed by atoms with van der Waals surface area (Å²) in [6.07, 6.45) is 1.82. The first-order valence-electron chi connectivity index (χ1n) is 7.58. The Morgan fingerprint density at radius 1 is 1.14 bits per heavy atom. The van der Waals surface area contributed by atoms with Crippen molar-refractivity contribution in [1.29, 1.82) is 0 Å². The van der Waals surface area contributed by atoms with Gasteiger partial charge in [-0.3, -0.25) is 0 Å². The molecule has 122 valence electrons. The van der Waals surface area contributed by atoms with Gasteiger partial charge in [-0.25, -0.2) is 13.1 Å². The zero-order valence-corrected chi connectivity index (χ0v) is 14.6. The molecule has 1 aromatic rings. The highest BCUT2D eigenvalue weighted by molar-refractivity contribution is 7.89. The van der Waals surface area contributed by atoms with Crippen LogP contribution in [0.1, 0.15) is 50.7 Å². The molecule has 21 heavy (non-hydrogen) atoms. The van der Waals surface area contributed by atoms with Gasteiger partial charge in [0.25, 0.3) is 0 Å². The minimum absolute atomic E-state index is 0.298. The Labute approximate surface area is 128 Å². The van der Waals surface area contributed by atoms with Crippen LogP contribution in [0, 0.1) is 19.8 Å². The molecule has 0 radical (unpaired) electrons. The lowest BCUT2D eigenvalue weighted by atomic mass is 10.1. The highest BCUT2D eigenvalue weighted by Gasteiger charge is 2.26. The Balaban J connectivity index is 2.93. The van der Waals surface area contributed by atoms with Crippen LogP contribution in [0.4, 0.5) is 0 Å². The van der Waals surface area contributed by atoms with Crippen molar-refractivity contribution in [1.82, 2.24) is 10.0 Å². The van der Waals surface area contributed by atoms with E-state index in [1.54, 1.807) is 6.92 Å². The van der Waals surface area contributed by atoms with E-state index in [0.29, 0.717) is 35.4 Å². The van der Waals surface area contributed by atoms with Crippen molar-refractivity contribution in [2.45, 2.75) is 58.9 Å². The van der Waals surface area contributed by atoms with Crippen molar-refractivity contribution in [3.8, 4) is 0 Å². The van der Waals surface area contributed by atoms with Gasteiger partial charge >= 0.3 is 0 Å². The zero-order valence-electron chi connectivity index (χ0n) is 13.7. The molecule has 0 amide bonds. The highest BCUT2D eigenvalue weighted by Crippen LogP contribution is 2.26. The first kappa shape index (κ1) is 18.2. The fraction of sp³-hybridized carbons (Fsp3) is 0.733. The molecule has 6 heteroatoms. The van der Waals surface area contributed by atoms with E-state index in [4.69, 9.17) is 4.42 Å². The number of sulfonamides is 1. The predicted molar refractivity (Wildman–Crippen MR) is 84.8 cm³/mol. The lowest BCUT2D eigenvalue weighted by Gasteiger charge is -2.10. The van der Waals surface area contributed by atoms with Gasteiger partial charge in [0.2, 0.25) is 10.0 Å². The molecule has 0 saturated heterocycles. The quantitative estimate of drug-likeness (QED) is 0.687. The standard InChI is InChI=1S/C15H28N2O3S/c1-6-8-16-10-14-12(4)20-13(5)15(14)21(18,19)17-9-7-11(2)3/h11,16-17H,6-10H2,1-5H3. The number of hydrogen-bond donors (Lipinski definition) is 2. The Morgan fingerprint density at radius 2 is 1.81 bits per heavy atom. The number of furan rings is 1. The van der Waals surface area contributed by atoms with Gasteiger partial charge in [-0.1, -0.05) is 20.8 Å². The monoisotopic (exact) mass is 316 g/mol. The maximum Gasteiger partial charge on any atom is 0.244 e. The molecule has 1 heterocycles. The Hall–Kier alpha value is -0.850. The van der Waals surface area contributed by atoms with E-state index in [9.17, 15) is 8.42 Å². The molecule has 0 atom stereocenters. The summed E-state index contributed by atoms with van der Waals surface area (Å²) in [5.74, 6) is 1.59. The molecular weight excluding hydrogens is 288 g/mol. The topological polar surface area (TPSA) is 71.3 Å². The van der Waals surface area contributed by atoms with E-state index >= 15 is 0 Å². The largest absolute Gasteiger partial charge is 0.465 e. The van der Waals surface area contributed by atoms with Crippen LogP contribution in [0.15, 0.2) is 9.31 Å². The van der Waals surface area contributed by atoms with E-state index in [1.165, 1.54) is 0 Å². The Kier molecular flexibility index (Phi) is 6.90. The molecular formula is C15H28N2O3S. The van der Waals surface area contributed by atoms with Crippen LogP contribution in [0.25, 0.3) is 0 Å². The van der Waals surface area contributed by atoms with Crippen LogP contribution in [0.3, 0.4) is 0 Å². The third kappa shape index (κ3) is 5.13. The summed E-state index contributed by atoms with van der Waals surface area (Å²) in [5.41, 5.74) is 0.734. The van der Waals surface area contributed by atoms with E-state index in [2.05, 4.69) is 30.8 Å². The number of hydrogen-bond acceptors (Lipinski definition) is 4. The molecule has 5 nitrogen and oxygen atoms in total. The van der Waals surface area contributed by atoms with Crippen molar-refractivity contribution in [2.24, 2.45) is 5.92 Å². The van der Waals surface area contributed by atoms with Gasteiger partial charge in [0.1, 0.15) is 16.4 Å². The molecule has 2 N–H and O–H groups in total. The smallest absolute Gasteiger partial charge is 0.244 e. The maximum absolute atomic E-state index is 12.5. The van der Waals surface area contributed by atoms with Crippen LogP contribution in [0.5, 0.6) is 0 Å². The second-order valence-electron chi connectivity index (χ2n) is 5.78. The summed E-state index contributed by atoms with van der Waals surface area (Å²) in [4.78, 5) is 0.298. The third-order valence-electron chi connectivity index (χ3n) is 3.34. The molecule has 0 aliphatic rings. The van der Waals surface area contributed by atoms with Crippen molar-refractivity contribution in [3.63, 3.8) is 0 Å². The third-order valence-corrected chi connectivity index (χ3v) is 4.99. The van der Waals surface area contributed by atoms with Crippen LogP contribution < -0.4 is 10.0 Å². The molecule has 0 aliphatic carbocycles. The first-order valence-corrected chi connectivity index (χ1v) is 9.07. The van der Waals surface area contributed by atoms with Gasteiger partial charge in [0, 0.05) is 18.7 Å². The SMILES string of the molecule is CCCNCc1c(C)oc(C)c1S(=O)(=O)NCCC(C)C. The van der Waals surface area contributed by atoms with Gasteiger partial charge in [-0.15, -0.1) is 0 Å². The van der Waals surface area contributed by atoms with Crippen molar-refractivity contribution in [3.05, 3.63) is 17.1 Å². The van der Waals surface area contributed by atoms with Crippen LogP contribution >= 0.6 is 0 Å². The predicted octanol–water partition coefficient (Wildman–Crippen LogP) is 2.72.